The van der Waals surface area contributed by atoms with Gasteiger partial charge in [0.15, 0.2) is 16.1 Å². The van der Waals surface area contributed by atoms with E-state index in [1.807, 2.05) is 4.98 Å². The maximum Gasteiger partial charge on any atom is 0.330 e. The van der Waals surface area contributed by atoms with Crippen molar-refractivity contribution in [3.05, 3.63) is 33.1 Å². The van der Waals surface area contributed by atoms with Crippen molar-refractivity contribution in [2.24, 2.45) is 0 Å². The van der Waals surface area contributed by atoms with Crippen molar-refractivity contribution in [2.75, 3.05) is 11.5 Å². The van der Waals surface area contributed by atoms with Crippen molar-refractivity contribution in [3.8, 4) is 0 Å². The van der Waals surface area contributed by atoms with Crippen LogP contribution in [0.25, 0.3) is 0 Å². The molecule has 0 aliphatic carbocycles. The van der Waals surface area contributed by atoms with Crippen molar-refractivity contribution in [2.45, 2.75) is 24.5 Å². The average molecular weight is 350 g/mol. The SMILES string of the molecule is O=C(O)CS(=O)(=O)C[C@H]1O[C@@H](n2ccc(=O)[nH]c2=O)[C@H](O)[C@@H]1O. The van der Waals surface area contributed by atoms with E-state index < -0.39 is 63.1 Å². The molecule has 1 aliphatic heterocycles. The summed E-state index contributed by atoms with van der Waals surface area (Å²) >= 11 is 0. The van der Waals surface area contributed by atoms with Crippen LogP contribution in [0.5, 0.6) is 0 Å². The highest BCUT2D eigenvalue weighted by Gasteiger charge is 2.45. The molecule has 2 rings (SSSR count). The molecule has 12 heteroatoms. The number of aliphatic carboxylic acids is 1. The Labute approximate surface area is 128 Å². The van der Waals surface area contributed by atoms with E-state index in [-0.39, 0.29) is 0 Å². The number of carboxylic acid groups (broad SMARTS) is 1. The van der Waals surface area contributed by atoms with E-state index in [1.165, 1.54) is 0 Å². The number of carbonyl (C=O) groups is 1. The van der Waals surface area contributed by atoms with E-state index in [0.717, 1.165) is 16.8 Å². The lowest BCUT2D eigenvalue weighted by Crippen LogP contribution is -2.38. The van der Waals surface area contributed by atoms with Gasteiger partial charge in [0.05, 0.1) is 5.75 Å². The van der Waals surface area contributed by atoms with Crippen LogP contribution in [0.4, 0.5) is 0 Å². The Kier molecular flexibility index (Phi) is 4.70. The van der Waals surface area contributed by atoms with Gasteiger partial charge < -0.3 is 20.1 Å². The summed E-state index contributed by atoms with van der Waals surface area (Å²) in [4.78, 5) is 35.1. The number of hydrogen-bond donors (Lipinski definition) is 4. The number of carboxylic acids is 1. The highest BCUT2D eigenvalue weighted by molar-refractivity contribution is 7.92. The lowest BCUT2D eigenvalue weighted by Gasteiger charge is -2.16. The smallest absolute Gasteiger partial charge is 0.330 e. The molecule has 0 bridgehead atoms. The third-order valence-corrected chi connectivity index (χ3v) is 4.75. The number of aliphatic hydroxyl groups is 2. The van der Waals surface area contributed by atoms with Crippen LogP contribution in [0, 0.1) is 0 Å². The van der Waals surface area contributed by atoms with Gasteiger partial charge in [-0.2, -0.15) is 0 Å². The van der Waals surface area contributed by atoms with Crippen molar-refractivity contribution >= 4 is 15.8 Å². The summed E-state index contributed by atoms with van der Waals surface area (Å²) in [6.45, 7) is 0. The van der Waals surface area contributed by atoms with Crippen LogP contribution in [-0.4, -0.2) is 69.1 Å². The monoisotopic (exact) mass is 350 g/mol. The Morgan fingerprint density at radius 3 is 2.52 bits per heavy atom. The summed E-state index contributed by atoms with van der Waals surface area (Å²) < 4.78 is 29.2. The van der Waals surface area contributed by atoms with Gasteiger partial charge in [-0.1, -0.05) is 0 Å². The molecule has 1 aliphatic rings. The van der Waals surface area contributed by atoms with Crippen molar-refractivity contribution in [1.82, 2.24) is 9.55 Å². The lowest BCUT2D eigenvalue weighted by atomic mass is 10.1. The number of rotatable bonds is 5. The molecule has 128 valence electrons. The molecule has 0 unspecified atom stereocenters. The second kappa shape index (κ2) is 6.23. The van der Waals surface area contributed by atoms with Crippen LogP contribution in [-0.2, 0) is 19.4 Å². The quantitative estimate of drug-likeness (QED) is 0.422. The fourth-order valence-corrected chi connectivity index (χ4v) is 3.49. The summed E-state index contributed by atoms with van der Waals surface area (Å²) in [5.41, 5.74) is -1.59. The Hall–Kier alpha value is -2.02. The van der Waals surface area contributed by atoms with Crippen LogP contribution in [0.3, 0.4) is 0 Å². The molecule has 0 saturated carbocycles. The number of ether oxygens (including phenoxy) is 1. The molecular formula is C11H14N2O9S. The number of aromatic nitrogens is 2. The van der Waals surface area contributed by atoms with Crippen LogP contribution in [0.15, 0.2) is 21.9 Å². The predicted molar refractivity (Wildman–Crippen MR) is 73.5 cm³/mol. The molecule has 0 aromatic carbocycles. The highest BCUT2D eigenvalue weighted by atomic mass is 32.2. The molecule has 0 spiro atoms. The van der Waals surface area contributed by atoms with Crippen LogP contribution < -0.4 is 11.2 Å². The lowest BCUT2D eigenvalue weighted by molar-refractivity contribution is -0.134. The van der Waals surface area contributed by atoms with Gasteiger partial charge in [-0.15, -0.1) is 0 Å². The van der Waals surface area contributed by atoms with E-state index >= 15 is 0 Å². The average Bonchev–Trinajstić information content (AvgIpc) is 2.65. The third-order valence-electron chi connectivity index (χ3n) is 3.22. The molecule has 1 saturated heterocycles. The van der Waals surface area contributed by atoms with Gasteiger partial charge in [0.25, 0.3) is 5.56 Å². The molecule has 1 aromatic rings. The molecule has 4 atom stereocenters. The minimum atomic E-state index is -4.08. The highest BCUT2D eigenvalue weighted by Crippen LogP contribution is 2.29. The largest absolute Gasteiger partial charge is 0.480 e. The molecule has 1 aromatic heterocycles. The fourth-order valence-electron chi connectivity index (χ4n) is 2.22. The van der Waals surface area contributed by atoms with E-state index in [1.54, 1.807) is 0 Å². The van der Waals surface area contributed by atoms with Gasteiger partial charge in [-0.3, -0.25) is 19.1 Å². The Bertz CT molecular complexity index is 811. The topological polar surface area (TPSA) is 176 Å². The molecule has 2 heterocycles. The summed E-state index contributed by atoms with van der Waals surface area (Å²) in [6.07, 6.45) is -5.10. The second-order valence-electron chi connectivity index (χ2n) is 5.01. The predicted octanol–water partition coefficient (Wildman–Crippen LogP) is -3.34. The zero-order chi connectivity index (χ0) is 17.4. The summed E-state index contributed by atoms with van der Waals surface area (Å²) in [5, 5.41) is 28.3. The number of nitrogens with one attached hydrogen (secondary N) is 1. The van der Waals surface area contributed by atoms with Gasteiger partial charge >= 0.3 is 11.7 Å². The molecule has 23 heavy (non-hydrogen) atoms. The standard InChI is InChI=1S/C11H14N2O9S/c14-6-1-2-13(11(19)12-6)10-9(18)8(17)5(22-10)3-23(20,21)4-7(15)16/h1-2,5,8-10,17-18H,3-4H2,(H,15,16)(H,12,14,19)/t5-,8-,9-,10-/m1/s1. The number of hydrogen-bond acceptors (Lipinski definition) is 8. The first kappa shape index (κ1) is 17.3. The van der Waals surface area contributed by atoms with Gasteiger partial charge in [0.1, 0.15) is 24.1 Å². The van der Waals surface area contributed by atoms with Gasteiger partial charge in [-0.05, 0) is 0 Å². The molecule has 4 N–H and O–H groups in total. The zero-order valence-electron chi connectivity index (χ0n) is 11.5. The molecule has 1 fully saturated rings. The molecule has 0 radical (unpaired) electrons. The molecule has 11 nitrogen and oxygen atoms in total. The molecular weight excluding hydrogens is 336 g/mol. The first-order valence-corrected chi connectivity index (χ1v) is 8.18. The third kappa shape index (κ3) is 3.85. The van der Waals surface area contributed by atoms with E-state index in [0.29, 0.717) is 0 Å². The van der Waals surface area contributed by atoms with Gasteiger partial charge in [-0.25, -0.2) is 13.2 Å². The van der Waals surface area contributed by atoms with Crippen LogP contribution in [0.2, 0.25) is 0 Å². The van der Waals surface area contributed by atoms with Crippen molar-refractivity contribution in [3.63, 3.8) is 0 Å². The Balaban J connectivity index is 2.23. The van der Waals surface area contributed by atoms with Gasteiger partial charge in [0, 0.05) is 12.3 Å². The summed E-state index contributed by atoms with van der Waals surface area (Å²) in [7, 11) is -4.08. The van der Waals surface area contributed by atoms with E-state index in [2.05, 4.69) is 0 Å². The first-order chi connectivity index (χ1) is 10.6. The Morgan fingerprint density at radius 1 is 1.30 bits per heavy atom. The number of aromatic amines is 1. The second-order valence-corrected chi connectivity index (χ2v) is 7.12. The summed E-state index contributed by atoms with van der Waals surface area (Å²) in [5.74, 6) is -3.56. The minimum Gasteiger partial charge on any atom is -0.480 e. The number of nitrogens with zero attached hydrogens (tertiary/aromatic N) is 1. The van der Waals surface area contributed by atoms with Crippen LogP contribution >= 0.6 is 0 Å². The summed E-state index contributed by atoms with van der Waals surface area (Å²) in [6, 6.07) is 0.984. The van der Waals surface area contributed by atoms with Crippen molar-refractivity contribution in [1.29, 1.82) is 0 Å². The normalized spacial score (nSPS) is 27.9. The number of aliphatic hydroxyl groups excluding tert-OH is 2. The fraction of sp³-hybridized carbons (Fsp3) is 0.545. The van der Waals surface area contributed by atoms with E-state index in [9.17, 15) is 33.0 Å². The van der Waals surface area contributed by atoms with E-state index in [4.69, 9.17) is 9.84 Å². The maximum absolute atomic E-state index is 11.7. The maximum atomic E-state index is 11.7. The molecule has 0 amide bonds. The van der Waals surface area contributed by atoms with Crippen LogP contribution in [0.1, 0.15) is 6.23 Å². The van der Waals surface area contributed by atoms with Gasteiger partial charge in [0.2, 0.25) is 0 Å². The number of H-pyrrole nitrogens is 1. The minimum absolute atomic E-state index is 0.681. The van der Waals surface area contributed by atoms with Crippen molar-refractivity contribution < 1.29 is 33.3 Å². The number of sulfone groups is 1. The first-order valence-electron chi connectivity index (χ1n) is 6.36. The Morgan fingerprint density at radius 2 is 1.96 bits per heavy atom. The zero-order valence-corrected chi connectivity index (χ0v) is 12.3.